The predicted octanol–water partition coefficient (Wildman–Crippen LogP) is 5.84. The molecule has 0 aliphatic carbocycles. The van der Waals surface area contributed by atoms with Gasteiger partial charge in [0.1, 0.15) is 22.9 Å². The minimum absolute atomic E-state index is 0.0487. The summed E-state index contributed by atoms with van der Waals surface area (Å²) in [6.07, 6.45) is 0.0487. The number of carboxylic acids is 1. The number of nitrogens with one attached hydrogen (secondary N) is 1. The van der Waals surface area contributed by atoms with Gasteiger partial charge in [0.15, 0.2) is 40.5 Å². The molecule has 244 valence electrons. The van der Waals surface area contributed by atoms with Gasteiger partial charge in [0.2, 0.25) is 5.91 Å². The second-order valence-electron chi connectivity index (χ2n) is 10.1. The second-order valence-corrected chi connectivity index (χ2v) is 11.0. The van der Waals surface area contributed by atoms with Crippen LogP contribution in [0.3, 0.4) is 0 Å². The lowest BCUT2D eigenvalue weighted by molar-refractivity contribution is -0.385. The number of hydrogen-bond acceptors (Lipinski definition) is 9. The molecular weight excluding hydrogens is 659 g/mol. The highest BCUT2D eigenvalue weighted by Crippen LogP contribution is 2.52. The predicted molar refractivity (Wildman–Crippen MR) is 153 cm³/mol. The fourth-order valence-corrected chi connectivity index (χ4v) is 5.84. The number of nitro groups is 1. The van der Waals surface area contributed by atoms with E-state index in [2.05, 4.69) is 5.32 Å². The Morgan fingerprint density at radius 3 is 2.02 bits per heavy atom. The highest BCUT2D eigenvalue weighted by atomic mass is 32.2. The van der Waals surface area contributed by atoms with Gasteiger partial charge in [-0.2, -0.15) is 0 Å². The summed E-state index contributed by atoms with van der Waals surface area (Å²) >= 11 is 0.146. The van der Waals surface area contributed by atoms with Gasteiger partial charge in [0.05, 0.1) is 15.6 Å². The number of nitrogens with zero attached hydrogens (tertiary/aromatic N) is 1. The monoisotopic (exact) mass is 678 g/mol. The quantitative estimate of drug-likeness (QED) is 0.0418. The van der Waals surface area contributed by atoms with Crippen LogP contribution in [0.2, 0.25) is 0 Å². The van der Waals surface area contributed by atoms with E-state index in [4.69, 9.17) is 4.74 Å². The number of phenolic OH excluding ortho intramolecular Hbond substituents is 3. The van der Waals surface area contributed by atoms with E-state index in [1.165, 1.54) is 6.07 Å². The molecule has 0 atom stereocenters. The Morgan fingerprint density at radius 2 is 1.47 bits per heavy atom. The van der Waals surface area contributed by atoms with Gasteiger partial charge in [-0.15, -0.1) is 11.8 Å². The molecule has 1 heterocycles. The smallest absolute Gasteiger partial charge is 0.339 e. The Kier molecular flexibility index (Phi) is 8.84. The lowest BCUT2D eigenvalue weighted by Crippen LogP contribution is -2.27. The fraction of sp³-hybridized carbons (Fsp3) is 0.133. The number of carbonyl (C=O) groups is 2. The van der Waals surface area contributed by atoms with Gasteiger partial charge in [-0.1, -0.05) is 6.07 Å². The Morgan fingerprint density at radius 1 is 0.872 bits per heavy atom. The van der Waals surface area contributed by atoms with Crippen molar-refractivity contribution >= 4 is 29.3 Å². The third kappa shape index (κ3) is 6.16. The van der Waals surface area contributed by atoms with Gasteiger partial charge in [-0.25, -0.2) is 26.7 Å². The molecule has 5 rings (SSSR count). The van der Waals surface area contributed by atoms with E-state index in [-0.39, 0.29) is 24.7 Å². The number of carboxylic acid groups (broad SMARTS) is 1. The van der Waals surface area contributed by atoms with Crippen LogP contribution < -0.4 is 10.1 Å². The normalized spacial score (nSPS) is 12.2. The van der Waals surface area contributed by atoms with E-state index in [0.717, 1.165) is 24.3 Å². The van der Waals surface area contributed by atoms with Crippen LogP contribution in [0.15, 0.2) is 47.4 Å². The van der Waals surface area contributed by atoms with Crippen molar-refractivity contribution in [3.05, 3.63) is 109 Å². The molecule has 11 nitrogen and oxygen atoms in total. The van der Waals surface area contributed by atoms with Crippen molar-refractivity contribution in [2.24, 2.45) is 0 Å². The highest BCUT2D eigenvalue weighted by molar-refractivity contribution is 8.00. The summed E-state index contributed by atoms with van der Waals surface area (Å²) in [5.74, 6) is -17.1. The van der Waals surface area contributed by atoms with Gasteiger partial charge in [0, 0.05) is 47.4 Å². The number of ether oxygens (including phenoxy) is 1. The largest absolute Gasteiger partial charge is 0.505 e. The molecule has 0 fully saturated rings. The second kappa shape index (κ2) is 12.7. The van der Waals surface area contributed by atoms with Crippen LogP contribution in [0.5, 0.6) is 28.7 Å². The number of carbonyl (C=O) groups excluding carboxylic acids is 1. The fourth-order valence-electron chi connectivity index (χ4n) is 5.01. The first kappa shape index (κ1) is 32.8. The summed E-state index contributed by atoms with van der Waals surface area (Å²) in [6.45, 7) is -0.115. The van der Waals surface area contributed by atoms with Crippen molar-refractivity contribution in [1.29, 1.82) is 0 Å². The Labute approximate surface area is 264 Å². The van der Waals surface area contributed by atoms with Crippen molar-refractivity contribution < 1.29 is 61.6 Å². The van der Waals surface area contributed by atoms with Gasteiger partial charge in [0.25, 0.3) is 0 Å². The number of aromatic hydroxyl groups is 3. The summed E-state index contributed by atoms with van der Waals surface area (Å²) in [4.78, 5) is 33.8. The number of halogens is 5. The maximum absolute atomic E-state index is 16.3. The summed E-state index contributed by atoms with van der Waals surface area (Å²) in [6, 6.07) is 6.23. The Bertz CT molecular complexity index is 1940. The molecule has 4 aromatic rings. The van der Waals surface area contributed by atoms with Crippen molar-refractivity contribution in [2.45, 2.75) is 17.2 Å². The number of rotatable bonds is 9. The Balaban J connectivity index is 1.50. The van der Waals surface area contributed by atoms with Crippen LogP contribution in [-0.2, 0) is 11.2 Å². The van der Waals surface area contributed by atoms with E-state index in [9.17, 15) is 48.9 Å². The molecule has 47 heavy (non-hydrogen) atoms. The number of hydrogen-bond donors (Lipinski definition) is 5. The Hall–Kier alpha value is -5.58. The molecule has 0 radical (unpaired) electrons. The molecular formula is C30H19F5N2O9S. The van der Waals surface area contributed by atoms with Crippen LogP contribution >= 0.6 is 11.8 Å². The minimum Gasteiger partial charge on any atom is -0.505 e. The van der Waals surface area contributed by atoms with E-state index < -0.39 is 119 Å². The lowest BCUT2D eigenvalue weighted by atomic mass is 9.80. The summed E-state index contributed by atoms with van der Waals surface area (Å²) in [5.41, 5.74) is -3.63. The van der Waals surface area contributed by atoms with Crippen LogP contribution in [0, 0.1) is 39.2 Å². The standard InChI is InChI=1S/C30H19F5N2O9S/c31-14-6-12-20(8-18(14)39)46-21-9-19(40)15(32)7-13(21)23(12)24-25(30(42)43)26(33)28(35)29(27(24)34)47-10-22(41)36-4-3-11-1-2-17(38)16(5-11)37(44)45/h1-2,5-9,23,38-40H,3-4,10H2,(H,36,41)(H,42,43). The average molecular weight is 679 g/mol. The first-order valence-corrected chi connectivity index (χ1v) is 14.2. The van der Waals surface area contributed by atoms with Gasteiger partial charge in [-0.05, 0) is 30.2 Å². The summed E-state index contributed by atoms with van der Waals surface area (Å²) in [7, 11) is 0. The molecule has 0 aromatic heterocycles. The summed E-state index contributed by atoms with van der Waals surface area (Å²) < 4.78 is 81.5. The van der Waals surface area contributed by atoms with Gasteiger partial charge < -0.3 is 30.5 Å². The number of phenols is 3. The maximum Gasteiger partial charge on any atom is 0.339 e. The third-order valence-corrected chi connectivity index (χ3v) is 8.19. The molecule has 0 unspecified atom stereocenters. The highest BCUT2D eigenvalue weighted by Gasteiger charge is 2.40. The molecule has 5 N–H and O–H groups in total. The number of nitro benzene ring substituents is 1. The van der Waals surface area contributed by atoms with Crippen LogP contribution in [0.4, 0.5) is 27.6 Å². The zero-order valence-electron chi connectivity index (χ0n) is 23.3. The van der Waals surface area contributed by atoms with Crippen LogP contribution in [0.25, 0.3) is 0 Å². The average Bonchev–Trinajstić information content (AvgIpc) is 3.00. The molecule has 1 amide bonds. The van der Waals surface area contributed by atoms with Crippen LogP contribution in [-0.4, -0.2) is 49.5 Å². The summed E-state index contributed by atoms with van der Waals surface area (Å²) in [5, 5.41) is 52.5. The molecule has 0 saturated heterocycles. The number of fused-ring (bicyclic) bond motifs is 2. The number of aromatic carboxylic acids is 1. The van der Waals surface area contributed by atoms with Gasteiger partial charge >= 0.3 is 11.7 Å². The number of thioether (sulfide) groups is 1. The zero-order valence-corrected chi connectivity index (χ0v) is 24.1. The lowest BCUT2D eigenvalue weighted by Gasteiger charge is -2.30. The van der Waals surface area contributed by atoms with Crippen molar-refractivity contribution in [3.8, 4) is 28.7 Å². The number of amides is 1. The maximum atomic E-state index is 16.3. The first-order chi connectivity index (χ1) is 22.2. The first-order valence-electron chi connectivity index (χ1n) is 13.2. The van der Waals surface area contributed by atoms with E-state index in [1.54, 1.807) is 0 Å². The van der Waals surface area contributed by atoms with Crippen molar-refractivity contribution in [1.82, 2.24) is 5.32 Å². The number of benzene rings is 4. The van der Waals surface area contributed by atoms with Crippen LogP contribution in [0.1, 0.15) is 38.5 Å². The molecule has 1 aliphatic rings. The molecule has 4 aromatic carbocycles. The topological polar surface area (TPSA) is 179 Å². The minimum atomic E-state index is -2.15. The van der Waals surface area contributed by atoms with E-state index in [0.29, 0.717) is 17.7 Å². The van der Waals surface area contributed by atoms with E-state index in [1.807, 2.05) is 0 Å². The molecule has 0 spiro atoms. The third-order valence-electron chi connectivity index (χ3n) is 7.14. The molecule has 17 heteroatoms. The van der Waals surface area contributed by atoms with Crippen molar-refractivity contribution in [3.63, 3.8) is 0 Å². The molecule has 0 saturated carbocycles. The zero-order chi connectivity index (χ0) is 34.3. The molecule has 1 aliphatic heterocycles. The van der Waals surface area contributed by atoms with Gasteiger partial charge in [-0.3, -0.25) is 14.9 Å². The van der Waals surface area contributed by atoms with Crippen molar-refractivity contribution in [2.75, 3.05) is 12.3 Å². The van der Waals surface area contributed by atoms with E-state index >= 15 is 13.2 Å². The SMILES string of the molecule is O=C(CSc1c(F)c(F)c(C(=O)O)c(C2c3cc(F)c(O)cc3Oc3cc(O)c(F)cc32)c1F)NCCc1ccc(O)c([N+](=O)[O-])c1. The molecule has 0 bridgehead atoms.